The largest absolute Gasteiger partial charge is 0.482 e. The van der Waals surface area contributed by atoms with Gasteiger partial charge in [-0.15, -0.1) is 0 Å². The minimum Gasteiger partial charge on any atom is -0.482 e. The summed E-state index contributed by atoms with van der Waals surface area (Å²) in [4.78, 5) is 36.5. The Labute approximate surface area is 140 Å². The second-order valence-corrected chi connectivity index (χ2v) is 5.17. The molecular formula is C17H21NO6. The van der Waals surface area contributed by atoms with Gasteiger partial charge in [-0.3, -0.25) is 9.59 Å². The van der Waals surface area contributed by atoms with Crippen molar-refractivity contribution in [3.8, 4) is 5.75 Å². The van der Waals surface area contributed by atoms with Crippen molar-refractivity contribution in [1.29, 1.82) is 0 Å². The Morgan fingerprint density at radius 3 is 2.50 bits per heavy atom. The number of anilines is 1. The van der Waals surface area contributed by atoms with Gasteiger partial charge in [0, 0.05) is 12.1 Å². The third-order valence-electron chi connectivity index (χ3n) is 3.51. The first-order valence-electron chi connectivity index (χ1n) is 7.92. The predicted octanol–water partition coefficient (Wildman–Crippen LogP) is 1.47. The molecule has 1 heterocycles. The van der Waals surface area contributed by atoms with E-state index in [4.69, 9.17) is 14.2 Å². The van der Waals surface area contributed by atoms with Crippen molar-refractivity contribution in [3.05, 3.63) is 23.8 Å². The minimum absolute atomic E-state index is 0.108. The predicted molar refractivity (Wildman–Crippen MR) is 85.9 cm³/mol. The maximum Gasteiger partial charge on any atom is 0.344 e. The molecule has 130 valence electrons. The number of fused-ring (bicyclic) bond motifs is 1. The molecule has 1 aliphatic heterocycles. The van der Waals surface area contributed by atoms with Gasteiger partial charge in [0.15, 0.2) is 6.61 Å². The summed E-state index contributed by atoms with van der Waals surface area (Å²) < 4.78 is 15.1. The Bertz CT molecular complexity index is 628. The second kappa shape index (κ2) is 8.33. The normalized spacial score (nSPS) is 13.2. The highest BCUT2D eigenvalue weighted by Gasteiger charge is 2.26. The van der Waals surface area contributed by atoms with Crippen LogP contribution in [0.15, 0.2) is 18.2 Å². The molecule has 0 spiro atoms. The van der Waals surface area contributed by atoms with E-state index in [1.54, 1.807) is 32.0 Å². The standard InChI is InChI=1S/C17H21NO6/c1-3-22-16(20)10-18-14-7-6-13(24-11-17(21)23-4-2)9-12(14)5-8-15(18)19/h6-7,9H,3-5,8,10-11H2,1-2H3. The summed E-state index contributed by atoms with van der Waals surface area (Å²) in [6.07, 6.45) is 0.873. The summed E-state index contributed by atoms with van der Waals surface area (Å²) in [5, 5.41) is 0. The van der Waals surface area contributed by atoms with Crippen molar-refractivity contribution in [2.75, 3.05) is 31.3 Å². The minimum atomic E-state index is -0.443. The number of ether oxygens (including phenoxy) is 3. The number of nitrogens with zero attached hydrogens (tertiary/aromatic N) is 1. The third-order valence-corrected chi connectivity index (χ3v) is 3.51. The van der Waals surface area contributed by atoms with Gasteiger partial charge in [-0.25, -0.2) is 4.79 Å². The lowest BCUT2D eigenvalue weighted by atomic mass is 10.0. The van der Waals surface area contributed by atoms with E-state index in [2.05, 4.69) is 0 Å². The Morgan fingerprint density at radius 1 is 1.08 bits per heavy atom. The van der Waals surface area contributed by atoms with Gasteiger partial charge in [0.2, 0.25) is 5.91 Å². The Kier molecular flexibility index (Phi) is 6.17. The summed E-state index contributed by atoms with van der Waals surface area (Å²) in [7, 11) is 0. The Morgan fingerprint density at radius 2 is 1.79 bits per heavy atom. The number of esters is 2. The molecule has 7 heteroatoms. The maximum absolute atomic E-state index is 12.1. The van der Waals surface area contributed by atoms with Crippen LogP contribution < -0.4 is 9.64 Å². The SMILES string of the molecule is CCOC(=O)COc1ccc2c(c1)CCC(=O)N2CC(=O)OCC. The number of hydrogen-bond donors (Lipinski definition) is 0. The topological polar surface area (TPSA) is 82.1 Å². The molecule has 0 aliphatic carbocycles. The van der Waals surface area contributed by atoms with E-state index in [1.807, 2.05) is 0 Å². The summed E-state index contributed by atoms with van der Waals surface area (Å²) in [5.41, 5.74) is 1.56. The molecule has 0 atom stereocenters. The zero-order chi connectivity index (χ0) is 17.5. The number of carbonyl (C=O) groups is 3. The van der Waals surface area contributed by atoms with Crippen LogP contribution in [0.4, 0.5) is 5.69 Å². The van der Waals surface area contributed by atoms with Crippen LogP contribution in [-0.2, 0) is 30.3 Å². The van der Waals surface area contributed by atoms with Crippen molar-refractivity contribution < 1.29 is 28.6 Å². The van der Waals surface area contributed by atoms with Crippen LogP contribution >= 0.6 is 0 Å². The Balaban J connectivity index is 2.09. The summed E-state index contributed by atoms with van der Waals surface area (Å²) >= 11 is 0. The average molecular weight is 335 g/mol. The van der Waals surface area contributed by atoms with Crippen molar-refractivity contribution >= 4 is 23.5 Å². The molecular weight excluding hydrogens is 314 g/mol. The van der Waals surface area contributed by atoms with Gasteiger partial charge in [-0.2, -0.15) is 0 Å². The summed E-state index contributed by atoms with van der Waals surface area (Å²) in [6, 6.07) is 5.15. The first-order valence-corrected chi connectivity index (χ1v) is 7.92. The van der Waals surface area contributed by atoms with Crippen molar-refractivity contribution in [1.82, 2.24) is 0 Å². The van der Waals surface area contributed by atoms with Gasteiger partial charge in [-0.05, 0) is 44.0 Å². The van der Waals surface area contributed by atoms with E-state index < -0.39 is 11.9 Å². The number of amides is 1. The van der Waals surface area contributed by atoms with Crippen LogP contribution in [0.3, 0.4) is 0 Å². The zero-order valence-electron chi connectivity index (χ0n) is 13.9. The molecule has 0 bridgehead atoms. The molecule has 2 rings (SSSR count). The number of carbonyl (C=O) groups excluding carboxylic acids is 3. The smallest absolute Gasteiger partial charge is 0.344 e. The van der Waals surface area contributed by atoms with Gasteiger partial charge in [0.05, 0.1) is 13.2 Å². The molecule has 0 unspecified atom stereocenters. The zero-order valence-corrected chi connectivity index (χ0v) is 13.9. The van der Waals surface area contributed by atoms with Crippen molar-refractivity contribution in [2.45, 2.75) is 26.7 Å². The monoisotopic (exact) mass is 335 g/mol. The van der Waals surface area contributed by atoms with E-state index in [1.165, 1.54) is 4.90 Å². The lowest BCUT2D eigenvalue weighted by Gasteiger charge is -2.28. The van der Waals surface area contributed by atoms with E-state index >= 15 is 0 Å². The van der Waals surface area contributed by atoms with E-state index in [0.717, 1.165) is 5.56 Å². The molecule has 1 aromatic carbocycles. The number of aryl methyl sites for hydroxylation is 1. The average Bonchev–Trinajstić information content (AvgIpc) is 2.56. The lowest BCUT2D eigenvalue weighted by molar-refractivity contribution is -0.145. The number of hydrogen-bond acceptors (Lipinski definition) is 6. The van der Waals surface area contributed by atoms with Gasteiger partial charge in [0.25, 0.3) is 0 Å². The van der Waals surface area contributed by atoms with Crippen LogP contribution in [-0.4, -0.2) is 44.2 Å². The van der Waals surface area contributed by atoms with Crippen molar-refractivity contribution in [3.63, 3.8) is 0 Å². The molecule has 0 saturated heterocycles. The lowest BCUT2D eigenvalue weighted by Crippen LogP contribution is -2.39. The molecule has 0 aromatic heterocycles. The quantitative estimate of drug-likeness (QED) is 0.702. The molecule has 24 heavy (non-hydrogen) atoms. The van der Waals surface area contributed by atoms with Gasteiger partial charge >= 0.3 is 11.9 Å². The highest BCUT2D eigenvalue weighted by Crippen LogP contribution is 2.31. The van der Waals surface area contributed by atoms with Crippen LogP contribution in [0.5, 0.6) is 5.75 Å². The van der Waals surface area contributed by atoms with E-state index in [-0.39, 0.29) is 25.7 Å². The fraction of sp³-hybridized carbons (Fsp3) is 0.471. The van der Waals surface area contributed by atoms with Gasteiger partial charge < -0.3 is 19.1 Å². The highest BCUT2D eigenvalue weighted by atomic mass is 16.6. The molecule has 7 nitrogen and oxygen atoms in total. The molecule has 0 saturated carbocycles. The van der Waals surface area contributed by atoms with Gasteiger partial charge in [-0.1, -0.05) is 0 Å². The first-order chi connectivity index (χ1) is 11.5. The Hall–Kier alpha value is -2.57. The first kappa shape index (κ1) is 17.8. The number of benzene rings is 1. The highest BCUT2D eigenvalue weighted by molar-refractivity contribution is 6.00. The molecule has 0 N–H and O–H groups in total. The van der Waals surface area contributed by atoms with Crippen LogP contribution in [0.1, 0.15) is 25.8 Å². The fourth-order valence-corrected chi connectivity index (χ4v) is 2.48. The van der Waals surface area contributed by atoms with Crippen LogP contribution in [0, 0.1) is 0 Å². The van der Waals surface area contributed by atoms with E-state index in [0.29, 0.717) is 30.9 Å². The van der Waals surface area contributed by atoms with Crippen molar-refractivity contribution in [2.24, 2.45) is 0 Å². The third kappa shape index (κ3) is 4.47. The second-order valence-electron chi connectivity index (χ2n) is 5.17. The van der Waals surface area contributed by atoms with Crippen LogP contribution in [0.2, 0.25) is 0 Å². The molecule has 0 fully saturated rings. The van der Waals surface area contributed by atoms with Crippen LogP contribution in [0.25, 0.3) is 0 Å². The molecule has 1 aliphatic rings. The number of rotatable bonds is 7. The maximum atomic E-state index is 12.1. The van der Waals surface area contributed by atoms with E-state index in [9.17, 15) is 14.4 Å². The summed E-state index contributed by atoms with van der Waals surface area (Å²) in [6.45, 7) is 3.75. The molecule has 0 radical (unpaired) electrons. The molecule has 1 aromatic rings. The summed E-state index contributed by atoms with van der Waals surface area (Å²) in [5.74, 6) is -0.473. The van der Waals surface area contributed by atoms with Gasteiger partial charge in [0.1, 0.15) is 12.3 Å². The fourth-order valence-electron chi connectivity index (χ4n) is 2.48. The molecule has 1 amide bonds.